The molecule has 0 bridgehead atoms. The number of nitrogens with two attached hydrogens (primary N) is 1. The zero-order valence-electron chi connectivity index (χ0n) is 9.00. The molecule has 17 heavy (non-hydrogen) atoms. The second kappa shape index (κ2) is 4.30. The molecule has 8 heteroatoms. The van der Waals surface area contributed by atoms with Crippen LogP contribution in [0.4, 0.5) is 11.1 Å². The van der Waals surface area contributed by atoms with E-state index in [-0.39, 0.29) is 0 Å². The number of nitrogens with zero attached hydrogens (tertiary/aromatic N) is 4. The summed E-state index contributed by atoms with van der Waals surface area (Å²) in [6, 6.07) is 0. The number of thiazole rings is 1. The first-order valence-corrected chi connectivity index (χ1v) is 6.08. The van der Waals surface area contributed by atoms with Crippen molar-refractivity contribution in [2.75, 3.05) is 36.9 Å². The van der Waals surface area contributed by atoms with Gasteiger partial charge in [0.1, 0.15) is 5.69 Å². The molecule has 3 rings (SSSR count). The van der Waals surface area contributed by atoms with E-state index in [1.165, 1.54) is 11.3 Å². The van der Waals surface area contributed by atoms with Crippen LogP contribution >= 0.6 is 11.3 Å². The summed E-state index contributed by atoms with van der Waals surface area (Å²) in [6.45, 7) is 2.93. The molecule has 7 nitrogen and oxygen atoms in total. The maximum absolute atomic E-state index is 5.56. The van der Waals surface area contributed by atoms with Crippen LogP contribution in [0, 0.1) is 0 Å². The molecule has 2 N–H and O–H groups in total. The number of hydrogen-bond donors (Lipinski definition) is 1. The van der Waals surface area contributed by atoms with Gasteiger partial charge in [-0.15, -0.1) is 11.3 Å². The number of rotatable bonds is 2. The van der Waals surface area contributed by atoms with E-state index in [0.29, 0.717) is 35.9 Å². The lowest BCUT2D eigenvalue weighted by Crippen LogP contribution is -2.36. The first-order valence-electron chi connectivity index (χ1n) is 5.21. The fourth-order valence-corrected chi connectivity index (χ4v) is 2.13. The summed E-state index contributed by atoms with van der Waals surface area (Å²) < 4.78 is 10.4. The Morgan fingerprint density at radius 3 is 2.82 bits per heavy atom. The van der Waals surface area contributed by atoms with Crippen LogP contribution < -0.4 is 10.6 Å². The van der Waals surface area contributed by atoms with E-state index >= 15 is 0 Å². The van der Waals surface area contributed by atoms with Crippen molar-refractivity contribution in [2.45, 2.75) is 0 Å². The highest BCUT2D eigenvalue weighted by Crippen LogP contribution is 2.23. The van der Waals surface area contributed by atoms with Crippen LogP contribution in [0.2, 0.25) is 0 Å². The highest BCUT2D eigenvalue weighted by atomic mass is 32.1. The predicted molar refractivity (Wildman–Crippen MR) is 62.9 cm³/mol. The van der Waals surface area contributed by atoms with E-state index in [2.05, 4.69) is 15.1 Å². The van der Waals surface area contributed by atoms with Crippen molar-refractivity contribution in [3.8, 4) is 11.6 Å². The summed E-state index contributed by atoms with van der Waals surface area (Å²) in [5.74, 6) is 0.981. The largest absolute Gasteiger partial charge is 0.378 e. The van der Waals surface area contributed by atoms with Crippen LogP contribution in [0.1, 0.15) is 0 Å². The summed E-state index contributed by atoms with van der Waals surface area (Å²) in [4.78, 5) is 10.4. The molecule has 1 aliphatic heterocycles. The first-order chi connectivity index (χ1) is 8.33. The SMILES string of the molecule is Nc1nc(-c2nc(N3CCOCC3)no2)cs1. The van der Waals surface area contributed by atoms with Gasteiger partial charge in [0.05, 0.1) is 13.2 Å². The van der Waals surface area contributed by atoms with Crippen LogP contribution in [-0.2, 0) is 4.74 Å². The number of morpholine rings is 1. The Bertz CT molecular complexity index is 505. The normalized spacial score (nSPS) is 16.4. The summed E-state index contributed by atoms with van der Waals surface area (Å²) >= 11 is 1.35. The molecule has 1 saturated heterocycles. The van der Waals surface area contributed by atoms with E-state index in [9.17, 15) is 0 Å². The number of ether oxygens (including phenoxy) is 1. The second-order valence-corrected chi connectivity index (χ2v) is 4.46. The number of aromatic nitrogens is 3. The second-order valence-electron chi connectivity index (χ2n) is 3.57. The van der Waals surface area contributed by atoms with Crippen LogP contribution in [0.3, 0.4) is 0 Å². The van der Waals surface area contributed by atoms with Gasteiger partial charge in [-0.1, -0.05) is 0 Å². The molecule has 0 spiro atoms. The molecule has 1 aliphatic rings. The Morgan fingerprint density at radius 1 is 1.29 bits per heavy atom. The molecule has 0 aliphatic carbocycles. The minimum atomic E-state index is 0.402. The minimum Gasteiger partial charge on any atom is -0.378 e. The van der Waals surface area contributed by atoms with Crippen molar-refractivity contribution in [3.05, 3.63) is 5.38 Å². The third-order valence-electron chi connectivity index (χ3n) is 2.45. The smallest absolute Gasteiger partial charge is 0.279 e. The van der Waals surface area contributed by atoms with Gasteiger partial charge in [-0.3, -0.25) is 0 Å². The maximum atomic E-state index is 5.56. The summed E-state index contributed by atoms with van der Waals surface area (Å²) in [5, 5.41) is 6.22. The Hall–Kier alpha value is -1.67. The van der Waals surface area contributed by atoms with E-state index in [1.54, 1.807) is 5.38 Å². The zero-order chi connectivity index (χ0) is 11.7. The molecule has 1 fully saturated rings. The number of nitrogen functional groups attached to an aromatic ring is 1. The standard InChI is InChI=1S/C9H11N5O2S/c10-8-11-6(5-17-8)7-12-9(13-16-7)14-1-3-15-4-2-14/h5H,1-4H2,(H2,10,11). The molecule has 90 valence electrons. The number of hydrogen-bond acceptors (Lipinski definition) is 8. The summed E-state index contributed by atoms with van der Waals surface area (Å²) in [7, 11) is 0. The van der Waals surface area contributed by atoms with Crippen molar-refractivity contribution in [2.24, 2.45) is 0 Å². The Morgan fingerprint density at radius 2 is 2.12 bits per heavy atom. The van der Waals surface area contributed by atoms with Crippen molar-refractivity contribution in [1.29, 1.82) is 0 Å². The lowest BCUT2D eigenvalue weighted by molar-refractivity contribution is 0.121. The first kappa shape index (κ1) is 10.5. The molecule has 0 unspecified atom stereocenters. The van der Waals surface area contributed by atoms with Gasteiger partial charge in [0.2, 0.25) is 0 Å². The molecule has 0 aromatic carbocycles. The average Bonchev–Trinajstić information content (AvgIpc) is 2.98. The monoisotopic (exact) mass is 253 g/mol. The highest BCUT2D eigenvalue weighted by Gasteiger charge is 2.18. The van der Waals surface area contributed by atoms with E-state index < -0.39 is 0 Å². The van der Waals surface area contributed by atoms with Crippen molar-refractivity contribution >= 4 is 22.4 Å². The lowest BCUT2D eigenvalue weighted by Gasteiger charge is -2.24. The fraction of sp³-hybridized carbons (Fsp3) is 0.444. The third-order valence-corrected chi connectivity index (χ3v) is 3.12. The molecule has 0 saturated carbocycles. The van der Waals surface area contributed by atoms with Crippen molar-refractivity contribution in [3.63, 3.8) is 0 Å². The zero-order valence-corrected chi connectivity index (χ0v) is 9.81. The molecule has 3 heterocycles. The van der Waals surface area contributed by atoms with Crippen LogP contribution in [0.15, 0.2) is 9.90 Å². The van der Waals surface area contributed by atoms with Gasteiger partial charge in [-0.2, -0.15) is 4.98 Å². The summed E-state index contributed by atoms with van der Waals surface area (Å²) in [6.07, 6.45) is 0. The van der Waals surface area contributed by atoms with Crippen LogP contribution in [0.5, 0.6) is 0 Å². The van der Waals surface area contributed by atoms with E-state index in [4.69, 9.17) is 15.0 Å². The maximum Gasteiger partial charge on any atom is 0.279 e. The van der Waals surface area contributed by atoms with Gasteiger partial charge in [-0.05, 0) is 5.16 Å². The van der Waals surface area contributed by atoms with Crippen LogP contribution in [0.25, 0.3) is 11.6 Å². The van der Waals surface area contributed by atoms with E-state index in [1.807, 2.05) is 4.90 Å². The van der Waals surface area contributed by atoms with Crippen LogP contribution in [-0.4, -0.2) is 41.4 Å². The molecule has 0 amide bonds. The average molecular weight is 253 g/mol. The summed E-state index contributed by atoms with van der Waals surface area (Å²) in [5.41, 5.74) is 6.18. The third kappa shape index (κ3) is 2.08. The van der Waals surface area contributed by atoms with Gasteiger partial charge in [0, 0.05) is 18.5 Å². The van der Waals surface area contributed by atoms with Gasteiger partial charge < -0.3 is 19.9 Å². The van der Waals surface area contributed by atoms with Crippen molar-refractivity contribution < 1.29 is 9.26 Å². The Kier molecular flexibility index (Phi) is 2.65. The van der Waals surface area contributed by atoms with Gasteiger partial charge in [0.25, 0.3) is 11.8 Å². The fourth-order valence-electron chi connectivity index (χ4n) is 1.60. The molecular weight excluding hydrogens is 242 g/mol. The molecule has 0 atom stereocenters. The van der Waals surface area contributed by atoms with Crippen molar-refractivity contribution in [1.82, 2.24) is 15.1 Å². The molecule has 2 aromatic rings. The predicted octanol–water partition coefficient (Wildman–Crippen LogP) is 0.612. The van der Waals surface area contributed by atoms with Gasteiger partial charge >= 0.3 is 0 Å². The lowest BCUT2D eigenvalue weighted by atomic mass is 10.4. The van der Waals surface area contributed by atoms with Gasteiger partial charge in [-0.25, -0.2) is 4.98 Å². The quantitative estimate of drug-likeness (QED) is 0.838. The Balaban J connectivity index is 1.82. The van der Waals surface area contributed by atoms with E-state index in [0.717, 1.165) is 13.1 Å². The highest BCUT2D eigenvalue weighted by molar-refractivity contribution is 7.13. The van der Waals surface area contributed by atoms with Gasteiger partial charge in [0.15, 0.2) is 5.13 Å². The molecular formula is C9H11N5O2S. The Labute approximate surface area is 101 Å². The topological polar surface area (TPSA) is 90.3 Å². The molecule has 2 aromatic heterocycles. The number of anilines is 2. The minimum absolute atomic E-state index is 0.402. The molecule has 0 radical (unpaired) electrons.